The molecule has 0 atom stereocenters. The van der Waals surface area contributed by atoms with Crippen molar-refractivity contribution >= 4 is 28.5 Å². The smallest absolute Gasteiger partial charge is 0.240 e. The van der Waals surface area contributed by atoms with Gasteiger partial charge in [-0.25, -0.2) is 4.98 Å². The minimum atomic E-state index is -0.00879. The molecule has 0 aliphatic heterocycles. The number of hydrogen-bond acceptors (Lipinski definition) is 2. The summed E-state index contributed by atoms with van der Waals surface area (Å²) < 4.78 is 1.99. The van der Waals surface area contributed by atoms with E-state index in [2.05, 4.69) is 5.32 Å². The van der Waals surface area contributed by atoms with Gasteiger partial charge in [-0.3, -0.25) is 4.79 Å². The van der Waals surface area contributed by atoms with Crippen LogP contribution in [-0.2, 0) is 17.8 Å². The summed E-state index contributed by atoms with van der Waals surface area (Å²) in [5, 5.41) is 3.65. The lowest BCUT2D eigenvalue weighted by Gasteiger charge is -2.12. The lowest BCUT2D eigenvalue weighted by atomic mass is 10.1. The summed E-state index contributed by atoms with van der Waals surface area (Å²) in [5.74, 6) is 0.864. The highest BCUT2D eigenvalue weighted by Gasteiger charge is 2.14. The summed E-state index contributed by atoms with van der Waals surface area (Å²) in [5.41, 5.74) is 2.99. The van der Waals surface area contributed by atoms with Gasteiger partial charge in [0.05, 0.1) is 11.0 Å². The largest absolute Gasteiger partial charge is 0.352 e. The SMILES string of the molecule is CC(C)NC(=O)Cn1c(Cc2ccc(Cl)cc2)nc2ccccc21. The first-order chi connectivity index (χ1) is 11.5. The van der Waals surface area contributed by atoms with Crippen LogP contribution in [0.4, 0.5) is 0 Å². The number of nitrogens with zero attached hydrogens (tertiary/aromatic N) is 2. The van der Waals surface area contributed by atoms with Gasteiger partial charge in [0.15, 0.2) is 0 Å². The Morgan fingerprint density at radius 3 is 2.58 bits per heavy atom. The molecule has 0 aliphatic rings. The quantitative estimate of drug-likeness (QED) is 0.767. The Hall–Kier alpha value is -2.33. The highest BCUT2D eigenvalue weighted by molar-refractivity contribution is 6.30. The summed E-state index contributed by atoms with van der Waals surface area (Å²) >= 11 is 5.95. The number of nitrogens with one attached hydrogen (secondary N) is 1. The Labute approximate surface area is 146 Å². The van der Waals surface area contributed by atoms with E-state index in [-0.39, 0.29) is 18.5 Å². The number of carbonyl (C=O) groups is 1. The summed E-state index contributed by atoms with van der Waals surface area (Å²) in [6.45, 7) is 4.18. The second kappa shape index (κ2) is 7.05. The molecule has 0 radical (unpaired) electrons. The van der Waals surface area contributed by atoms with Gasteiger partial charge in [0, 0.05) is 17.5 Å². The van der Waals surface area contributed by atoms with E-state index in [1.165, 1.54) is 0 Å². The molecule has 3 rings (SSSR count). The van der Waals surface area contributed by atoms with Crippen LogP contribution in [0, 0.1) is 0 Å². The Bertz CT molecular complexity index is 853. The van der Waals surface area contributed by atoms with Crippen molar-refractivity contribution in [3.05, 3.63) is 64.9 Å². The van der Waals surface area contributed by atoms with E-state index < -0.39 is 0 Å². The lowest BCUT2D eigenvalue weighted by Crippen LogP contribution is -2.33. The van der Waals surface area contributed by atoms with Gasteiger partial charge in [0.25, 0.3) is 0 Å². The Balaban J connectivity index is 1.95. The van der Waals surface area contributed by atoms with Gasteiger partial charge in [-0.1, -0.05) is 35.9 Å². The van der Waals surface area contributed by atoms with Crippen molar-refractivity contribution in [2.75, 3.05) is 0 Å². The number of imidazole rings is 1. The second-order valence-corrected chi connectivity index (χ2v) is 6.56. The van der Waals surface area contributed by atoms with Crippen LogP contribution >= 0.6 is 11.6 Å². The maximum Gasteiger partial charge on any atom is 0.240 e. The topological polar surface area (TPSA) is 46.9 Å². The first-order valence-electron chi connectivity index (χ1n) is 8.01. The number of para-hydroxylation sites is 2. The monoisotopic (exact) mass is 341 g/mol. The van der Waals surface area contributed by atoms with Gasteiger partial charge < -0.3 is 9.88 Å². The molecular weight excluding hydrogens is 322 g/mol. The molecule has 124 valence electrons. The first-order valence-corrected chi connectivity index (χ1v) is 8.38. The Morgan fingerprint density at radius 2 is 1.88 bits per heavy atom. The Kier molecular flexibility index (Phi) is 4.86. The van der Waals surface area contributed by atoms with E-state index >= 15 is 0 Å². The highest BCUT2D eigenvalue weighted by Crippen LogP contribution is 2.19. The van der Waals surface area contributed by atoms with E-state index in [1.54, 1.807) is 0 Å². The molecule has 0 saturated carbocycles. The fourth-order valence-corrected chi connectivity index (χ4v) is 2.86. The molecule has 0 unspecified atom stereocenters. The molecule has 0 saturated heterocycles. The normalized spacial score (nSPS) is 11.2. The zero-order valence-electron chi connectivity index (χ0n) is 13.8. The zero-order valence-corrected chi connectivity index (χ0v) is 14.5. The number of carbonyl (C=O) groups excluding carboxylic acids is 1. The number of benzene rings is 2. The zero-order chi connectivity index (χ0) is 17.1. The molecule has 0 aliphatic carbocycles. The summed E-state index contributed by atoms with van der Waals surface area (Å²) in [6.07, 6.45) is 0.654. The molecule has 4 nitrogen and oxygen atoms in total. The van der Waals surface area contributed by atoms with Crippen molar-refractivity contribution in [3.8, 4) is 0 Å². The van der Waals surface area contributed by atoms with Gasteiger partial charge >= 0.3 is 0 Å². The van der Waals surface area contributed by atoms with Gasteiger partial charge in [-0.05, 0) is 43.7 Å². The van der Waals surface area contributed by atoms with Crippen LogP contribution < -0.4 is 5.32 Å². The molecule has 1 N–H and O–H groups in total. The second-order valence-electron chi connectivity index (χ2n) is 6.13. The van der Waals surface area contributed by atoms with E-state index in [4.69, 9.17) is 16.6 Å². The van der Waals surface area contributed by atoms with E-state index in [1.807, 2.05) is 66.9 Å². The fraction of sp³-hybridized carbons (Fsp3) is 0.263. The van der Waals surface area contributed by atoms with Crippen molar-refractivity contribution in [3.63, 3.8) is 0 Å². The molecule has 1 aromatic heterocycles. The van der Waals surface area contributed by atoms with Crippen molar-refractivity contribution in [1.82, 2.24) is 14.9 Å². The standard InChI is InChI=1S/C19H20ClN3O/c1-13(2)21-19(24)12-23-17-6-4-3-5-16(17)22-18(23)11-14-7-9-15(20)10-8-14/h3-10,13H,11-12H2,1-2H3,(H,21,24). The van der Waals surface area contributed by atoms with Gasteiger partial charge in [-0.15, -0.1) is 0 Å². The van der Waals surface area contributed by atoms with Crippen molar-refractivity contribution < 1.29 is 4.79 Å². The minimum Gasteiger partial charge on any atom is -0.352 e. The van der Waals surface area contributed by atoms with Crippen LogP contribution in [0.25, 0.3) is 11.0 Å². The molecule has 0 spiro atoms. The van der Waals surface area contributed by atoms with E-state index in [9.17, 15) is 4.79 Å². The van der Waals surface area contributed by atoms with Crippen LogP contribution in [0.15, 0.2) is 48.5 Å². The predicted molar refractivity (Wildman–Crippen MR) is 97.3 cm³/mol. The maximum atomic E-state index is 12.2. The van der Waals surface area contributed by atoms with Crippen molar-refractivity contribution in [2.24, 2.45) is 0 Å². The third-order valence-corrected chi connectivity index (χ3v) is 4.01. The molecule has 1 amide bonds. The van der Waals surface area contributed by atoms with Crippen LogP contribution in [0.5, 0.6) is 0 Å². The van der Waals surface area contributed by atoms with E-state index in [0.717, 1.165) is 22.4 Å². The third-order valence-electron chi connectivity index (χ3n) is 3.76. The van der Waals surface area contributed by atoms with Crippen molar-refractivity contribution in [2.45, 2.75) is 32.9 Å². The molecule has 2 aromatic carbocycles. The first kappa shape index (κ1) is 16.5. The van der Waals surface area contributed by atoms with Crippen LogP contribution in [0.2, 0.25) is 5.02 Å². The van der Waals surface area contributed by atoms with Crippen LogP contribution in [0.1, 0.15) is 25.2 Å². The number of amides is 1. The summed E-state index contributed by atoms with van der Waals surface area (Å²) in [4.78, 5) is 16.9. The lowest BCUT2D eigenvalue weighted by molar-refractivity contribution is -0.122. The highest BCUT2D eigenvalue weighted by atomic mass is 35.5. The molecular formula is C19H20ClN3O. The number of hydrogen-bond donors (Lipinski definition) is 1. The predicted octanol–water partition coefficient (Wildman–Crippen LogP) is 3.81. The fourth-order valence-electron chi connectivity index (χ4n) is 2.73. The van der Waals surface area contributed by atoms with Gasteiger partial charge in [0.1, 0.15) is 12.4 Å². The van der Waals surface area contributed by atoms with E-state index in [0.29, 0.717) is 11.4 Å². The molecule has 0 bridgehead atoms. The van der Waals surface area contributed by atoms with Crippen LogP contribution in [0.3, 0.4) is 0 Å². The maximum absolute atomic E-state index is 12.2. The molecule has 3 aromatic rings. The molecule has 24 heavy (non-hydrogen) atoms. The number of rotatable bonds is 5. The van der Waals surface area contributed by atoms with Crippen LogP contribution in [-0.4, -0.2) is 21.5 Å². The average molecular weight is 342 g/mol. The third kappa shape index (κ3) is 3.77. The van der Waals surface area contributed by atoms with Crippen molar-refractivity contribution in [1.29, 1.82) is 0 Å². The summed E-state index contributed by atoms with van der Waals surface area (Å²) in [7, 11) is 0. The molecule has 1 heterocycles. The molecule has 5 heteroatoms. The van der Waals surface area contributed by atoms with Gasteiger partial charge in [0.2, 0.25) is 5.91 Å². The summed E-state index contributed by atoms with van der Waals surface area (Å²) in [6, 6.07) is 15.7. The number of aromatic nitrogens is 2. The Morgan fingerprint density at radius 1 is 1.17 bits per heavy atom. The van der Waals surface area contributed by atoms with Gasteiger partial charge in [-0.2, -0.15) is 0 Å². The molecule has 0 fully saturated rings. The number of fused-ring (bicyclic) bond motifs is 1. The number of halogens is 1. The minimum absolute atomic E-state index is 0.00879. The average Bonchev–Trinajstić information content (AvgIpc) is 2.86.